The van der Waals surface area contributed by atoms with E-state index in [0.717, 1.165) is 13.0 Å². The number of amides is 2. The van der Waals surface area contributed by atoms with Crippen molar-refractivity contribution in [2.75, 3.05) is 52.7 Å². The van der Waals surface area contributed by atoms with Gasteiger partial charge in [-0.1, -0.05) is 31.8 Å². The first-order valence-electron chi connectivity index (χ1n) is 23.1. The Labute approximate surface area is 467 Å². The van der Waals surface area contributed by atoms with Crippen LogP contribution in [0.4, 0.5) is 79.8 Å². The minimum absolute atomic E-state index is 0.00838. The molecule has 2 fully saturated rings. The fraction of sp³-hybridized carbons (Fsp3) is 0.727. The number of rotatable bonds is 26. The lowest BCUT2D eigenvalue weighted by Gasteiger charge is -2.32. The molecular weight excluding hydrogens is 1210 g/mol. The van der Waals surface area contributed by atoms with Gasteiger partial charge < -0.3 is 47.7 Å². The third-order valence-electron chi connectivity index (χ3n) is 9.76. The lowest BCUT2D eigenvalue weighted by molar-refractivity contribution is -0.344. The average Bonchev–Trinajstić information content (AvgIpc) is 3.99. The van der Waals surface area contributed by atoms with Crippen molar-refractivity contribution in [3.05, 3.63) is 25.6 Å². The monoisotopic (exact) mass is 1270 g/mol. The molecule has 0 aromatic rings. The fourth-order valence-electron chi connectivity index (χ4n) is 5.75. The van der Waals surface area contributed by atoms with E-state index in [1.807, 2.05) is 6.92 Å². The van der Waals surface area contributed by atoms with Crippen molar-refractivity contribution in [2.24, 2.45) is 5.92 Å². The Morgan fingerprint density at radius 3 is 1.41 bits per heavy atom. The molecule has 2 rings (SSSR count). The van der Waals surface area contributed by atoms with Crippen LogP contribution in [-0.2, 0) is 57.1 Å². The van der Waals surface area contributed by atoms with Gasteiger partial charge in [0, 0.05) is 38.4 Å². The van der Waals surface area contributed by atoms with E-state index in [9.17, 15) is 99.0 Å². The summed E-state index contributed by atoms with van der Waals surface area (Å²) >= 11 is 11.6. The maximum absolute atomic E-state index is 13.8. The zero-order valence-electron chi connectivity index (χ0n) is 43.2. The van der Waals surface area contributed by atoms with Gasteiger partial charge >= 0.3 is 72.6 Å². The van der Waals surface area contributed by atoms with Crippen molar-refractivity contribution in [1.82, 2.24) is 9.80 Å². The molecule has 2 aliphatic heterocycles. The van der Waals surface area contributed by atoms with Crippen LogP contribution in [0.3, 0.4) is 0 Å². The van der Waals surface area contributed by atoms with Gasteiger partial charge in [0.1, 0.15) is 5.25 Å². The summed E-state index contributed by atoms with van der Waals surface area (Å²) in [5, 5.41) is -0.293. The van der Waals surface area contributed by atoms with Gasteiger partial charge in [-0.3, -0.25) is 19.2 Å². The first-order valence-corrected chi connectivity index (χ1v) is 25.7. The van der Waals surface area contributed by atoms with E-state index in [1.165, 1.54) is 23.6 Å². The summed E-state index contributed by atoms with van der Waals surface area (Å²) in [4.78, 5) is 71.9. The van der Waals surface area contributed by atoms with E-state index in [0.29, 0.717) is 48.5 Å². The molecule has 16 nitrogen and oxygen atoms in total. The highest BCUT2D eigenvalue weighted by Gasteiger charge is 2.77. The largest absolute Gasteiger partial charge is 0.513 e. The number of esters is 2. The zero-order valence-corrected chi connectivity index (χ0v) is 46.5. The summed E-state index contributed by atoms with van der Waals surface area (Å²) in [7, 11) is 0. The number of carbonyl (C=O) groups excluding carboxylic acids is 6. The Morgan fingerprint density at radius 1 is 0.613 bits per heavy atom. The standard InChI is InChI=1S/C22H29F8NO7S2.C8H6F8O3.C8H14O3S2.C6H9NO/c1-4-35-16(33)12(3)9-13(31-8-6-7-14(31)32)10-15(40-19(39)36-5-2)38-18(34)37-11-20(25,26)22(29,30)21(27,28)17(23)24;1-2-18-5(17)19-3-6(11,12)8(15,16)7(13,14)4(9)10;1-4-10-7(9)6(3)13-8(12)11-5-2;1-2-7-5-3-4-6(7)8/h12-13,15,17H,4-11H2,1-3H3;2,4H,1,3H2;6H,4-5H2,1-3H3;2H,1,3-5H2. The molecule has 0 saturated carbocycles. The highest BCUT2D eigenvalue weighted by Crippen LogP contribution is 2.50. The van der Waals surface area contributed by atoms with Gasteiger partial charge in [-0.05, 0) is 96.3 Å². The quantitative estimate of drug-likeness (QED) is 0.0199. The predicted octanol–water partition coefficient (Wildman–Crippen LogP) is 11.9. The molecule has 464 valence electrons. The number of halogens is 16. The number of hydrogen-bond acceptors (Lipinski definition) is 18. The molecule has 2 heterocycles. The Balaban J connectivity index is 0. The molecule has 0 aromatic carbocycles. The van der Waals surface area contributed by atoms with E-state index in [-0.39, 0.29) is 66.4 Å². The third kappa shape index (κ3) is 24.8. The molecule has 0 spiro atoms. The number of thioether (sulfide) groups is 2. The van der Waals surface area contributed by atoms with Gasteiger partial charge in [-0.15, -0.1) is 0 Å². The molecule has 0 N–H and O–H groups in total. The number of thiocarbonyl (C=S) groups is 2. The minimum atomic E-state index is -6.58. The van der Waals surface area contributed by atoms with Crippen LogP contribution in [0.25, 0.3) is 0 Å². The van der Waals surface area contributed by atoms with Gasteiger partial charge in [-0.25, -0.2) is 27.2 Å². The third-order valence-corrected chi connectivity index (χ3v) is 12.3. The van der Waals surface area contributed by atoms with Gasteiger partial charge in [0.05, 0.1) is 38.6 Å². The second kappa shape index (κ2) is 36.0. The molecule has 4 unspecified atom stereocenters. The number of likely N-dealkylation sites (tertiary alicyclic amines) is 2. The van der Waals surface area contributed by atoms with Crippen LogP contribution < -0.4 is 0 Å². The lowest BCUT2D eigenvalue weighted by Crippen LogP contribution is -2.59. The molecule has 0 aliphatic carbocycles. The first-order chi connectivity index (χ1) is 36.8. The van der Waals surface area contributed by atoms with Crippen molar-refractivity contribution < 1.29 is 137 Å². The fourth-order valence-corrected chi connectivity index (χ4v) is 8.22. The van der Waals surface area contributed by atoms with Crippen LogP contribution in [0, 0.1) is 5.92 Å². The Morgan fingerprint density at radius 2 is 1.04 bits per heavy atom. The highest BCUT2D eigenvalue weighted by molar-refractivity contribution is 8.23. The number of carbonyl (C=O) groups is 6. The summed E-state index contributed by atoms with van der Waals surface area (Å²) in [6, 6.07) is -0.792. The second-order valence-electron chi connectivity index (χ2n) is 15.7. The van der Waals surface area contributed by atoms with Crippen molar-refractivity contribution in [3.8, 4) is 0 Å². The lowest BCUT2D eigenvalue weighted by atomic mass is 9.98. The molecule has 80 heavy (non-hydrogen) atoms. The van der Waals surface area contributed by atoms with Gasteiger partial charge in [0.25, 0.3) is 0 Å². The van der Waals surface area contributed by atoms with Crippen LogP contribution in [0.2, 0.25) is 0 Å². The molecule has 4 atom stereocenters. The SMILES string of the molecule is C=CN1CCCC1=O.C=COC(=O)OCC(F)(F)C(F)(F)C(F)(F)C(F)F.CCOC(=O)C(C)CC(CC(OC(=O)OCC(F)(F)C(F)(F)C(F)(F)C(F)F)SC(=S)OCC)N1CCCC1=O.CCOC(=O)C(C)SC(=S)OCC. The summed E-state index contributed by atoms with van der Waals surface area (Å²) in [5.74, 6) is -39.0. The summed E-state index contributed by atoms with van der Waals surface area (Å²) < 4.78 is 240. The van der Waals surface area contributed by atoms with Crippen LogP contribution in [0.5, 0.6) is 0 Å². The van der Waals surface area contributed by atoms with Gasteiger partial charge in [0.2, 0.25) is 20.6 Å². The van der Waals surface area contributed by atoms with Crippen molar-refractivity contribution >= 4 is 92.8 Å². The molecule has 0 radical (unpaired) electrons. The Kier molecular flexibility index (Phi) is 34.8. The topological polar surface area (TPSA) is 183 Å². The maximum atomic E-state index is 13.8. The van der Waals surface area contributed by atoms with Crippen molar-refractivity contribution in [1.29, 1.82) is 0 Å². The summed E-state index contributed by atoms with van der Waals surface area (Å²) in [5.41, 5.74) is -1.46. The molecule has 2 amide bonds. The molecule has 36 heteroatoms. The second-order valence-corrected chi connectivity index (χ2v) is 19.4. The van der Waals surface area contributed by atoms with Crippen LogP contribution in [0.15, 0.2) is 25.6 Å². The van der Waals surface area contributed by atoms with Crippen LogP contribution in [-0.4, -0.2) is 172 Å². The van der Waals surface area contributed by atoms with Gasteiger partial charge in [-0.2, -0.15) is 52.7 Å². The van der Waals surface area contributed by atoms with E-state index in [1.54, 1.807) is 38.8 Å². The summed E-state index contributed by atoms with van der Waals surface area (Å²) in [6.07, 6.45) is -10.1. The normalized spacial score (nSPS) is 15.5. The molecule has 2 saturated heterocycles. The maximum Gasteiger partial charge on any atom is 0.513 e. The number of ether oxygens (including phenoxy) is 8. The highest BCUT2D eigenvalue weighted by atomic mass is 32.2. The molecular formula is C44H58F16N2O14S4. The van der Waals surface area contributed by atoms with E-state index < -0.39 is 97.3 Å². The average molecular weight is 1270 g/mol. The van der Waals surface area contributed by atoms with Crippen molar-refractivity contribution in [3.63, 3.8) is 0 Å². The van der Waals surface area contributed by atoms with Crippen molar-refractivity contribution in [2.45, 2.75) is 145 Å². The predicted molar refractivity (Wildman–Crippen MR) is 261 cm³/mol. The Bertz CT molecular complexity index is 2040. The summed E-state index contributed by atoms with van der Waals surface area (Å²) in [6.45, 7) is 13.2. The number of hydrogen-bond donors (Lipinski definition) is 0. The number of nitrogens with zero attached hydrogens (tertiary/aromatic N) is 2. The van der Waals surface area contributed by atoms with Crippen LogP contribution >= 0.6 is 48.0 Å². The van der Waals surface area contributed by atoms with Gasteiger partial charge in [0.15, 0.2) is 18.6 Å². The molecule has 2 aliphatic rings. The van der Waals surface area contributed by atoms with E-state index in [4.69, 9.17) is 48.1 Å². The molecule has 0 aromatic heterocycles. The minimum Gasteiger partial charge on any atom is -0.479 e. The van der Waals surface area contributed by atoms with E-state index >= 15 is 0 Å². The van der Waals surface area contributed by atoms with E-state index in [2.05, 4.69) is 27.4 Å². The first kappa shape index (κ1) is 77.3. The number of alkyl halides is 16. The van der Waals surface area contributed by atoms with Crippen LogP contribution in [0.1, 0.15) is 80.1 Å². The zero-order chi connectivity index (χ0) is 62.6. The smallest absolute Gasteiger partial charge is 0.479 e. The Hall–Kier alpha value is -4.74. The molecule has 0 bridgehead atoms.